The van der Waals surface area contributed by atoms with Crippen LogP contribution in [0.2, 0.25) is 0 Å². The number of para-hydroxylation sites is 1. The molecule has 2 aromatic carbocycles. The van der Waals surface area contributed by atoms with Crippen molar-refractivity contribution in [1.82, 2.24) is 4.90 Å². The first-order chi connectivity index (χ1) is 11.5. The number of hydrogen-bond donors (Lipinski definition) is 1. The summed E-state index contributed by atoms with van der Waals surface area (Å²) < 4.78 is 13.3. The van der Waals surface area contributed by atoms with Gasteiger partial charge in [-0.15, -0.1) is 0 Å². The summed E-state index contributed by atoms with van der Waals surface area (Å²) >= 11 is 0. The number of amides is 2. The Bertz CT molecular complexity index is 775. The highest BCUT2D eigenvalue weighted by atomic mass is 19.1. The van der Waals surface area contributed by atoms with Crippen molar-refractivity contribution in [3.05, 3.63) is 65.5 Å². The van der Waals surface area contributed by atoms with Crippen molar-refractivity contribution in [1.29, 1.82) is 0 Å². The average molecular weight is 326 g/mol. The SMILES string of the molecule is C[C@@H](CC(=O)N1CC(=O)Nc2ccccc2C1)c1cccc(F)c1. The third kappa shape index (κ3) is 3.62. The molecule has 5 heteroatoms. The minimum atomic E-state index is -0.310. The molecule has 0 saturated heterocycles. The van der Waals surface area contributed by atoms with Crippen LogP contribution in [0.3, 0.4) is 0 Å². The van der Waals surface area contributed by atoms with Crippen LogP contribution in [0.5, 0.6) is 0 Å². The van der Waals surface area contributed by atoms with Gasteiger partial charge in [0, 0.05) is 18.7 Å². The number of carbonyl (C=O) groups is 2. The van der Waals surface area contributed by atoms with Crippen LogP contribution in [-0.4, -0.2) is 23.3 Å². The number of halogens is 1. The molecule has 1 N–H and O–H groups in total. The van der Waals surface area contributed by atoms with Gasteiger partial charge in [-0.05, 0) is 35.2 Å². The first-order valence-electron chi connectivity index (χ1n) is 7.94. The number of fused-ring (bicyclic) bond motifs is 1. The molecule has 0 fully saturated rings. The lowest BCUT2D eigenvalue weighted by Gasteiger charge is -2.22. The highest BCUT2D eigenvalue weighted by molar-refractivity contribution is 5.96. The molecule has 3 rings (SSSR count). The fourth-order valence-corrected chi connectivity index (χ4v) is 2.90. The molecule has 1 aliphatic rings. The van der Waals surface area contributed by atoms with Gasteiger partial charge >= 0.3 is 0 Å². The van der Waals surface area contributed by atoms with E-state index >= 15 is 0 Å². The molecule has 1 atom stereocenters. The Morgan fingerprint density at radius 2 is 2.00 bits per heavy atom. The monoisotopic (exact) mass is 326 g/mol. The summed E-state index contributed by atoms with van der Waals surface area (Å²) in [5, 5.41) is 2.82. The van der Waals surface area contributed by atoms with E-state index in [4.69, 9.17) is 0 Å². The van der Waals surface area contributed by atoms with E-state index in [1.807, 2.05) is 37.3 Å². The van der Waals surface area contributed by atoms with Crippen molar-refractivity contribution < 1.29 is 14.0 Å². The lowest BCUT2D eigenvalue weighted by molar-refractivity contribution is -0.135. The van der Waals surface area contributed by atoms with Crippen molar-refractivity contribution in [2.75, 3.05) is 11.9 Å². The molecule has 0 saturated carbocycles. The largest absolute Gasteiger partial charge is 0.329 e. The second kappa shape index (κ2) is 6.83. The van der Waals surface area contributed by atoms with Crippen LogP contribution in [0, 0.1) is 5.82 Å². The highest BCUT2D eigenvalue weighted by Crippen LogP contribution is 2.24. The maximum Gasteiger partial charge on any atom is 0.244 e. The molecule has 24 heavy (non-hydrogen) atoms. The fourth-order valence-electron chi connectivity index (χ4n) is 2.90. The van der Waals surface area contributed by atoms with Crippen LogP contribution < -0.4 is 5.32 Å². The molecule has 0 aromatic heterocycles. The van der Waals surface area contributed by atoms with Gasteiger partial charge in [0.25, 0.3) is 0 Å². The molecule has 0 unspecified atom stereocenters. The summed E-state index contributed by atoms with van der Waals surface area (Å²) in [5.74, 6) is -0.741. The predicted molar refractivity (Wildman–Crippen MR) is 89.9 cm³/mol. The van der Waals surface area contributed by atoms with E-state index < -0.39 is 0 Å². The Morgan fingerprint density at radius 1 is 1.21 bits per heavy atom. The zero-order valence-electron chi connectivity index (χ0n) is 13.5. The van der Waals surface area contributed by atoms with Gasteiger partial charge in [0.05, 0.1) is 0 Å². The maximum atomic E-state index is 13.3. The van der Waals surface area contributed by atoms with Crippen molar-refractivity contribution in [2.45, 2.75) is 25.8 Å². The van der Waals surface area contributed by atoms with E-state index in [0.29, 0.717) is 6.54 Å². The first kappa shape index (κ1) is 16.2. The summed E-state index contributed by atoms with van der Waals surface area (Å²) in [4.78, 5) is 26.2. The second-order valence-electron chi connectivity index (χ2n) is 6.12. The molecule has 1 heterocycles. The minimum absolute atomic E-state index is 0.0311. The summed E-state index contributed by atoms with van der Waals surface area (Å²) in [7, 11) is 0. The standard InChI is InChI=1S/C19H19FN2O2/c1-13(14-6-4-7-16(20)10-14)9-19(24)22-11-15-5-2-3-8-17(15)21-18(23)12-22/h2-8,10,13H,9,11-12H2,1H3,(H,21,23)/t13-/m0/s1. The molecule has 124 valence electrons. The van der Waals surface area contributed by atoms with Crippen molar-refractivity contribution in [3.63, 3.8) is 0 Å². The Kier molecular flexibility index (Phi) is 4.60. The van der Waals surface area contributed by atoms with Gasteiger partial charge in [0.2, 0.25) is 11.8 Å². The zero-order valence-corrected chi connectivity index (χ0v) is 13.5. The Labute approximate surface area is 140 Å². The lowest BCUT2D eigenvalue weighted by atomic mass is 9.97. The third-order valence-corrected chi connectivity index (χ3v) is 4.24. The molecular weight excluding hydrogens is 307 g/mol. The lowest BCUT2D eigenvalue weighted by Crippen LogP contribution is -2.35. The van der Waals surface area contributed by atoms with Crippen LogP contribution in [0.1, 0.15) is 30.4 Å². The van der Waals surface area contributed by atoms with E-state index in [1.54, 1.807) is 11.0 Å². The highest BCUT2D eigenvalue weighted by Gasteiger charge is 2.24. The molecule has 0 aliphatic carbocycles. The number of nitrogens with one attached hydrogen (secondary N) is 1. The van der Waals surface area contributed by atoms with E-state index in [0.717, 1.165) is 16.8 Å². The molecule has 2 aromatic rings. The third-order valence-electron chi connectivity index (χ3n) is 4.24. The van der Waals surface area contributed by atoms with Crippen LogP contribution >= 0.6 is 0 Å². The number of hydrogen-bond acceptors (Lipinski definition) is 2. The van der Waals surface area contributed by atoms with Crippen LogP contribution in [0.15, 0.2) is 48.5 Å². The van der Waals surface area contributed by atoms with Gasteiger partial charge in [-0.2, -0.15) is 0 Å². The van der Waals surface area contributed by atoms with Crippen molar-refractivity contribution in [3.8, 4) is 0 Å². The summed E-state index contributed by atoms with van der Waals surface area (Å²) in [6.45, 7) is 2.31. The van der Waals surface area contributed by atoms with Gasteiger partial charge in [-0.25, -0.2) is 4.39 Å². The fraction of sp³-hybridized carbons (Fsp3) is 0.263. The molecule has 0 bridgehead atoms. The smallest absolute Gasteiger partial charge is 0.244 e. The van der Waals surface area contributed by atoms with Crippen molar-refractivity contribution in [2.24, 2.45) is 0 Å². The quantitative estimate of drug-likeness (QED) is 0.941. The topological polar surface area (TPSA) is 49.4 Å². The van der Waals surface area contributed by atoms with E-state index in [2.05, 4.69) is 5.32 Å². The average Bonchev–Trinajstić information content (AvgIpc) is 2.72. The van der Waals surface area contributed by atoms with Gasteiger partial charge in [0.1, 0.15) is 12.4 Å². The summed E-state index contributed by atoms with van der Waals surface area (Å²) in [6.07, 6.45) is 0.235. The van der Waals surface area contributed by atoms with E-state index in [9.17, 15) is 14.0 Å². The zero-order chi connectivity index (χ0) is 17.1. The number of anilines is 1. The van der Waals surface area contributed by atoms with E-state index in [1.165, 1.54) is 12.1 Å². The van der Waals surface area contributed by atoms with Gasteiger partial charge in [-0.1, -0.05) is 37.3 Å². The minimum Gasteiger partial charge on any atom is -0.329 e. The van der Waals surface area contributed by atoms with Crippen LogP contribution in [0.25, 0.3) is 0 Å². The molecule has 1 aliphatic heterocycles. The number of carbonyl (C=O) groups excluding carboxylic acids is 2. The summed E-state index contributed by atoms with van der Waals surface area (Å²) in [5.41, 5.74) is 2.44. The Balaban J connectivity index is 1.74. The number of benzene rings is 2. The summed E-state index contributed by atoms with van der Waals surface area (Å²) in [6, 6.07) is 13.7. The normalized spacial score (nSPS) is 15.2. The Hall–Kier alpha value is -2.69. The van der Waals surface area contributed by atoms with Crippen LogP contribution in [-0.2, 0) is 16.1 Å². The van der Waals surface area contributed by atoms with E-state index in [-0.39, 0.29) is 36.5 Å². The molecule has 4 nitrogen and oxygen atoms in total. The van der Waals surface area contributed by atoms with Gasteiger partial charge < -0.3 is 10.2 Å². The second-order valence-corrected chi connectivity index (χ2v) is 6.12. The molecular formula is C19H19FN2O2. The van der Waals surface area contributed by atoms with Gasteiger partial charge in [-0.3, -0.25) is 9.59 Å². The van der Waals surface area contributed by atoms with Crippen molar-refractivity contribution >= 4 is 17.5 Å². The molecule has 0 spiro atoms. The molecule has 2 amide bonds. The predicted octanol–water partition coefficient (Wildman–Crippen LogP) is 3.30. The van der Waals surface area contributed by atoms with Crippen LogP contribution in [0.4, 0.5) is 10.1 Å². The molecule has 0 radical (unpaired) electrons. The van der Waals surface area contributed by atoms with Gasteiger partial charge in [0.15, 0.2) is 0 Å². The first-order valence-corrected chi connectivity index (χ1v) is 7.94. The Morgan fingerprint density at radius 3 is 2.79 bits per heavy atom. The number of rotatable bonds is 3. The number of nitrogens with zero attached hydrogens (tertiary/aromatic N) is 1. The maximum absolute atomic E-state index is 13.3.